The standard InChI is InChI=1S/C19H20N2O5/c22-17(11-6-14-4-2-1-3-5-14)20-18(23)12-13-26-16-9-7-15(8-10-16)19(24)21-25/h1-11,18,23,25H,12-13H2,(H,20,22)(H,21,24)/b11-6+/t18-/m0/s1. The average Bonchev–Trinajstić information content (AvgIpc) is 2.67. The van der Waals surface area contributed by atoms with Gasteiger partial charge in [-0.25, -0.2) is 5.48 Å². The van der Waals surface area contributed by atoms with Crippen molar-refractivity contribution < 1.29 is 24.6 Å². The molecule has 136 valence electrons. The fourth-order valence-corrected chi connectivity index (χ4v) is 2.08. The number of hydroxylamine groups is 1. The zero-order valence-electron chi connectivity index (χ0n) is 14.0. The lowest BCUT2D eigenvalue weighted by Gasteiger charge is -2.12. The first kappa shape index (κ1) is 19.2. The van der Waals surface area contributed by atoms with Crippen LogP contribution in [0.3, 0.4) is 0 Å². The van der Waals surface area contributed by atoms with Crippen LogP contribution >= 0.6 is 0 Å². The number of hydrogen-bond acceptors (Lipinski definition) is 5. The molecule has 7 heteroatoms. The SMILES string of the molecule is O=C(/C=C/c1ccccc1)N[C@@H](O)CCOc1ccc(C(=O)NO)cc1. The lowest BCUT2D eigenvalue weighted by Crippen LogP contribution is -2.34. The number of carbonyl (C=O) groups is 2. The minimum Gasteiger partial charge on any atom is -0.493 e. The van der Waals surface area contributed by atoms with Crippen LogP contribution in [0.15, 0.2) is 60.7 Å². The van der Waals surface area contributed by atoms with Gasteiger partial charge in [-0.3, -0.25) is 14.8 Å². The van der Waals surface area contributed by atoms with Crippen LogP contribution in [0, 0.1) is 0 Å². The number of hydrogen-bond donors (Lipinski definition) is 4. The van der Waals surface area contributed by atoms with Crippen molar-refractivity contribution in [2.24, 2.45) is 0 Å². The molecular weight excluding hydrogens is 336 g/mol. The number of aliphatic hydroxyl groups excluding tert-OH is 1. The van der Waals surface area contributed by atoms with Gasteiger partial charge in [-0.15, -0.1) is 0 Å². The summed E-state index contributed by atoms with van der Waals surface area (Å²) in [6, 6.07) is 15.5. The van der Waals surface area contributed by atoms with Gasteiger partial charge in [-0.1, -0.05) is 30.3 Å². The molecule has 7 nitrogen and oxygen atoms in total. The van der Waals surface area contributed by atoms with Gasteiger partial charge in [0.2, 0.25) is 5.91 Å². The van der Waals surface area contributed by atoms with Gasteiger partial charge in [-0.2, -0.15) is 0 Å². The number of amides is 2. The Morgan fingerprint density at radius 3 is 2.42 bits per heavy atom. The van der Waals surface area contributed by atoms with Gasteiger partial charge in [0.1, 0.15) is 12.0 Å². The summed E-state index contributed by atoms with van der Waals surface area (Å²) >= 11 is 0. The fourth-order valence-electron chi connectivity index (χ4n) is 2.08. The van der Waals surface area contributed by atoms with Gasteiger partial charge in [-0.05, 0) is 35.9 Å². The lowest BCUT2D eigenvalue weighted by atomic mass is 10.2. The van der Waals surface area contributed by atoms with Gasteiger partial charge in [0, 0.05) is 18.1 Å². The van der Waals surface area contributed by atoms with Gasteiger partial charge >= 0.3 is 0 Å². The molecule has 0 saturated carbocycles. The summed E-state index contributed by atoms with van der Waals surface area (Å²) in [6.45, 7) is 0.176. The largest absolute Gasteiger partial charge is 0.493 e. The third-order valence-corrected chi connectivity index (χ3v) is 3.41. The zero-order valence-corrected chi connectivity index (χ0v) is 14.0. The van der Waals surface area contributed by atoms with Gasteiger partial charge in [0.25, 0.3) is 5.91 Å². The highest BCUT2D eigenvalue weighted by Gasteiger charge is 2.07. The number of aliphatic hydroxyl groups is 1. The predicted molar refractivity (Wildman–Crippen MR) is 95.4 cm³/mol. The van der Waals surface area contributed by atoms with Crippen molar-refractivity contribution >= 4 is 17.9 Å². The molecule has 0 heterocycles. The molecule has 0 saturated heterocycles. The van der Waals surface area contributed by atoms with Crippen molar-refractivity contribution in [3.8, 4) is 5.75 Å². The Balaban J connectivity index is 1.71. The molecule has 26 heavy (non-hydrogen) atoms. The first-order valence-electron chi connectivity index (χ1n) is 7.97. The van der Waals surface area contributed by atoms with Crippen molar-refractivity contribution in [3.63, 3.8) is 0 Å². The molecule has 2 amide bonds. The van der Waals surface area contributed by atoms with Crippen molar-refractivity contribution in [3.05, 3.63) is 71.8 Å². The lowest BCUT2D eigenvalue weighted by molar-refractivity contribution is -0.119. The summed E-state index contributed by atoms with van der Waals surface area (Å²) in [4.78, 5) is 22.9. The van der Waals surface area contributed by atoms with E-state index >= 15 is 0 Å². The minimum absolute atomic E-state index is 0.176. The van der Waals surface area contributed by atoms with E-state index in [9.17, 15) is 14.7 Å². The van der Waals surface area contributed by atoms with E-state index in [-0.39, 0.29) is 18.6 Å². The van der Waals surface area contributed by atoms with Crippen LogP contribution < -0.4 is 15.5 Å². The average molecular weight is 356 g/mol. The molecule has 0 aromatic heterocycles. The Hall–Kier alpha value is -3.16. The van der Waals surface area contributed by atoms with Crippen molar-refractivity contribution in [1.29, 1.82) is 0 Å². The van der Waals surface area contributed by atoms with Crippen LogP contribution in [-0.4, -0.2) is 35.0 Å². The van der Waals surface area contributed by atoms with Crippen LogP contribution in [0.4, 0.5) is 0 Å². The molecule has 0 aliphatic heterocycles. The molecule has 1 atom stereocenters. The first-order chi connectivity index (χ1) is 12.6. The highest BCUT2D eigenvalue weighted by molar-refractivity contribution is 5.93. The molecule has 0 fully saturated rings. The molecule has 0 radical (unpaired) electrons. The maximum absolute atomic E-state index is 11.7. The Kier molecular flexibility index (Phi) is 7.35. The van der Waals surface area contributed by atoms with E-state index in [4.69, 9.17) is 9.94 Å². The fraction of sp³-hybridized carbons (Fsp3) is 0.158. The van der Waals surface area contributed by atoms with Crippen LogP contribution in [0.25, 0.3) is 6.08 Å². The number of carbonyl (C=O) groups excluding carboxylic acids is 2. The minimum atomic E-state index is -1.04. The highest BCUT2D eigenvalue weighted by Crippen LogP contribution is 2.12. The summed E-state index contributed by atoms with van der Waals surface area (Å²) in [6.07, 6.45) is 2.17. The third-order valence-electron chi connectivity index (χ3n) is 3.41. The second kappa shape index (κ2) is 9.97. The molecule has 0 bridgehead atoms. The van der Waals surface area contributed by atoms with Crippen LogP contribution in [0.1, 0.15) is 22.3 Å². The summed E-state index contributed by atoms with van der Waals surface area (Å²) in [5.41, 5.74) is 2.72. The Morgan fingerprint density at radius 2 is 1.77 bits per heavy atom. The molecule has 2 aromatic rings. The highest BCUT2D eigenvalue weighted by atomic mass is 16.5. The third kappa shape index (κ3) is 6.39. The quantitative estimate of drug-likeness (QED) is 0.249. The smallest absolute Gasteiger partial charge is 0.274 e. The molecule has 2 rings (SSSR count). The second-order valence-corrected chi connectivity index (χ2v) is 5.37. The molecule has 4 N–H and O–H groups in total. The van der Waals surface area contributed by atoms with Crippen LogP contribution in [-0.2, 0) is 4.79 Å². The van der Waals surface area contributed by atoms with Crippen LogP contribution in [0.5, 0.6) is 5.75 Å². The normalized spacial score (nSPS) is 11.8. The number of rotatable bonds is 8. The Bertz CT molecular complexity index is 744. The number of nitrogens with one attached hydrogen (secondary N) is 2. The van der Waals surface area contributed by atoms with Crippen LogP contribution in [0.2, 0.25) is 0 Å². The molecular formula is C19H20N2O5. The monoisotopic (exact) mass is 356 g/mol. The molecule has 0 aliphatic rings. The first-order valence-corrected chi connectivity index (χ1v) is 7.97. The Morgan fingerprint density at radius 1 is 1.08 bits per heavy atom. The van der Waals surface area contributed by atoms with Gasteiger partial charge < -0.3 is 15.2 Å². The molecule has 0 aliphatic carbocycles. The summed E-state index contributed by atoms with van der Waals surface area (Å²) in [5.74, 6) is -0.513. The molecule has 0 unspecified atom stereocenters. The number of ether oxygens (including phenoxy) is 1. The number of benzene rings is 2. The topological polar surface area (TPSA) is 108 Å². The summed E-state index contributed by atoms with van der Waals surface area (Å²) < 4.78 is 5.43. The van der Waals surface area contributed by atoms with E-state index in [0.717, 1.165) is 5.56 Å². The van der Waals surface area contributed by atoms with Crippen molar-refractivity contribution in [1.82, 2.24) is 10.8 Å². The Labute approximate surface area is 150 Å². The predicted octanol–water partition coefficient (Wildman–Crippen LogP) is 1.72. The van der Waals surface area contributed by atoms with Crippen molar-refractivity contribution in [2.45, 2.75) is 12.6 Å². The van der Waals surface area contributed by atoms with Gasteiger partial charge in [0.05, 0.1) is 6.61 Å². The van der Waals surface area contributed by atoms with Crippen molar-refractivity contribution in [2.75, 3.05) is 6.61 Å². The summed E-state index contributed by atoms with van der Waals surface area (Å²) in [5, 5.41) is 20.8. The molecule has 0 spiro atoms. The maximum Gasteiger partial charge on any atom is 0.274 e. The van der Waals surface area contributed by atoms with E-state index < -0.39 is 18.0 Å². The van der Waals surface area contributed by atoms with E-state index in [1.165, 1.54) is 23.7 Å². The zero-order chi connectivity index (χ0) is 18.8. The van der Waals surface area contributed by atoms with E-state index in [0.29, 0.717) is 5.75 Å². The summed E-state index contributed by atoms with van der Waals surface area (Å²) in [7, 11) is 0. The van der Waals surface area contributed by atoms with E-state index in [1.54, 1.807) is 18.2 Å². The van der Waals surface area contributed by atoms with E-state index in [2.05, 4.69) is 5.32 Å². The second-order valence-electron chi connectivity index (χ2n) is 5.37. The van der Waals surface area contributed by atoms with Gasteiger partial charge in [0.15, 0.2) is 0 Å². The van der Waals surface area contributed by atoms with E-state index in [1.807, 2.05) is 30.3 Å². The molecule has 2 aromatic carbocycles. The maximum atomic E-state index is 11.7.